The van der Waals surface area contributed by atoms with E-state index in [1.807, 2.05) is 13.8 Å². The van der Waals surface area contributed by atoms with Crippen LogP contribution >= 0.6 is 0 Å². The van der Waals surface area contributed by atoms with Crippen molar-refractivity contribution in [1.82, 2.24) is 0 Å². The molecule has 0 rings (SSSR count). The van der Waals surface area contributed by atoms with Gasteiger partial charge in [-0.3, -0.25) is 0 Å². The monoisotopic (exact) mass is 702 g/mol. The average Bonchev–Trinajstić information content (AvgIpc) is 3.11. The van der Waals surface area contributed by atoms with Gasteiger partial charge in [-0.15, -0.1) is 0 Å². The van der Waals surface area contributed by atoms with Gasteiger partial charge in [0.1, 0.15) is 0 Å². The quantitative estimate of drug-likeness (QED) is 0.0772. The molecule has 0 aliphatic rings. The van der Waals surface area contributed by atoms with E-state index in [0.29, 0.717) is 0 Å². The van der Waals surface area contributed by atoms with Crippen molar-refractivity contribution in [3.8, 4) is 0 Å². The summed E-state index contributed by atoms with van der Waals surface area (Å²) in [6, 6.07) is 0. The summed E-state index contributed by atoms with van der Waals surface area (Å²) < 4.78 is 0. The van der Waals surface area contributed by atoms with Gasteiger partial charge >= 0.3 is 0 Å². The molecule has 0 aliphatic carbocycles. The Morgan fingerprint density at radius 2 is 0.327 bits per heavy atom. The number of rotatable bonds is 29. The first-order valence-corrected chi connectivity index (χ1v) is 23.7. The highest BCUT2D eigenvalue weighted by atomic mass is 14.5. The van der Waals surface area contributed by atoms with E-state index in [9.17, 15) is 0 Å². The van der Waals surface area contributed by atoms with E-state index in [0.717, 1.165) is 6.54 Å². The minimum absolute atomic E-state index is 0.867. The zero-order valence-electron chi connectivity index (χ0n) is 38.3. The summed E-state index contributed by atoms with van der Waals surface area (Å²) in [4.78, 5) is 0. The zero-order chi connectivity index (χ0) is 38.7. The van der Waals surface area contributed by atoms with Crippen LogP contribution in [0.5, 0.6) is 0 Å². The fourth-order valence-electron chi connectivity index (χ4n) is 4.93. The van der Waals surface area contributed by atoms with Crippen LogP contribution in [0.4, 0.5) is 0 Å². The molecule has 1 nitrogen and oxygen atoms in total. The molecular weight excluding hydrogens is 591 g/mol. The molecule has 49 heavy (non-hydrogen) atoms. The maximum atomic E-state index is 5.34. The molecule has 0 saturated heterocycles. The summed E-state index contributed by atoms with van der Waals surface area (Å²) in [7, 11) is 0. The highest BCUT2D eigenvalue weighted by molar-refractivity contribution is 4.48. The van der Waals surface area contributed by atoms with E-state index in [1.54, 1.807) is 0 Å². The molecule has 2 N–H and O–H groups in total. The molecule has 0 atom stereocenters. The van der Waals surface area contributed by atoms with E-state index in [4.69, 9.17) is 5.73 Å². The first-order chi connectivity index (χ1) is 24.0. The maximum Gasteiger partial charge on any atom is -0.00773 e. The third kappa shape index (κ3) is 121. The SMILES string of the molecule is CC.CCC.CCC.CCCCC.CCCCCCCCCCCC.CCCCCCCCCCCCCCC.CCCCCCCCN. The summed E-state index contributed by atoms with van der Waals surface area (Å²) in [5, 5.41) is 0. The molecule has 0 aromatic heterocycles. The molecule has 0 unspecified atom stereocenters. The van der Waals surface area contributed by atoms with Crippen molar-refractivity contribution in [1.29, 1.82) is 0 Å². The summed E-state index contributed by atoms with van der Waals surface area (Å²) in [6.07, 6.45) is 48.0. The Hall–Kier alpha value is -0.0400. The van der Waals surface area contributed by atoms with Gasteiger partial charge in [0.15, 0.2) is 0 Å². The molecule has 0 aliphatic heterocycles. The van der Waals surface area contributed by atoms with Gasteiger partial charge in [-0.2, -0.15) is 0 Å². The third-order valence-electron chi connectivity index (χ3n) is 7.93. The molecule has 0 aromatic carbocycles. The minimum atomic E-state index is 0.867. The Morgan fingerprint density at radius 1 is 0.204 bits per heavy atom. The average molecular weight is 702 g/mol. The highest BCUT2D eigenvalue weighted by Crippen LogP contribution is 2.12. The van der Waals surface area contributed by atoms with E-state index < -0.39 is 0 Å². The van der Waals surface area contributed by atoms with E-state index >= 15 is 0 Å². The lowest BCUT2D eigenvalue weighted by Gasteiger charge is -2.01. The van der Waals surface area contributed by atoms with Crippen LogP contribution in [-0.2, 0) is 0 Å². The van der Waals surface area contributed by atoms with Gasteiger partial charge < -0.3 is 5.73 Å². The van der Waals surface area contributed by atoms with Crippen LogP contribution in [0, 0.1) is 0 Å². The van der Waals surface area contributed by atoms with Gasteiger partial charge in [0, 0.05) is 0 Å². The lowest BCUT2D eigenvalue weighted by Crippen LogP contribution is -1.97. The predicted molar refractivity (Wildman–Crippen MR) is 240 cm³/mol. The second-order valence-electron chi connectivity index (χ2n) is 14.0. The lowest BCUT2D eigenvalue weighted by atomic mass is 10.1. The van der Waals surface area contributed by atoms with Crippen molar-refractivity contribution in [2.24, 2.45) is 5.73 Å². The zero-order valence-corrected chi connectivity index (χ0v) is 38.3. The summed E-state index contributed by atoms with van der Waals surface area (Å²) in [5.41, 5.74) is 5.34. The highest BCUT2D eigenvalue weighted by Gasteiger charge is 1.93. The van der Waals surface area contributed by atoms with Crippen molar-refractivity contribution in [2.45, 2.75) is 308 Å². The largest absolute Gasteiger partial charge is 0.330 e. The molecule has 1 heteroatoms. The Bertz CT molecular complexity index is 334. The molecule has 0 fully saturated rings. The molecule has 0 heterocycles. The van der Waals surface area contributed by atoms with Crippen LogP contribution in [0.3, 0.4) is 0 Å². The first-order valence-electron chi connectivity index (χ1n) is 23.7. The van der Waals surface area contributed by atoms with Crippen molar-refractivity contribution in [3.05, 3.63) is 0 Å². The topological polar surface area (TPSA) is 26.0 Å². The van der Waals surface area contributed by atoms with Gasteiger partial charge in [0.05, 0.1) is 0 Å². The summed E-state index contributed by atoms with van der Waals surface area (Å²) in [6.45, 7) is 29.2. The standard InChI is InChI=1S/C15H32.C12H26.C8H19N.C5H12.2C3H8.C2H6/c1-3-5-7-9-11-13-15-14-12-10-8-6-4-2;1-3-5-7-9-11-12-10-8-6-4-2;1-2-3-4-5-6-7-8-9;1-3-5-4-2;2*1-3-2;1-2/h3-15H2,1-2H3;3-12H2,1-2H3;2-9H2,1H3;3-5H2,1-2H3;2*3H2,1-2H3;1-2H3. The third-order valence-corrected chi connectivity index (χ3v) is 7.93. The molecule has 0 amide bonds. The molecular formula is C48H111N. The Labute approximate surface area is 319 Å². The number of unbranched alkanes of at least 4 members (excludes halogenated alkanes) is 28. The molecule has 0 spiro atoms. The van der Waals surface area contributed by atoms with Crippen LogP contribution in [0.15, 0.2) is 0 Å². The van der Waals surface area contributed by atoms with E-state index in [2.05, 4.69) is 76.2 Å². The van der Waals surface area contributed by atoms with Crippen LogP contribution in [0.1, 0.15) is 308 Å². The first kappa shape index (κ1) is 64.0. The molecule has 308 valence electrons. The van der Waals surface area contributed by atoms with E-state index in [1.165, 1.54) is 218 Å². The molecule has 0 radical (unpaired) electrons. The van der Waals surface area contributed by atoms with Gasteiger partial charge in [-0.05, 0) is 13.0 Å². The predicted octanol–water partition coefficient (Wildman–Crippen LogP) is 19.4. The van der Waals surface area contributed by atoms with Gasteiger partial charge in [-0.25, -0.2) is 0 Å². The second kappa shape index (κ2) is 86.5. The number of hydrogen-bond donors (Lipinski definition) is 1. The fraction of sp³-hybridized carbons (Fsp3) is 1.00. The van der Waals surface area contributed by atoms with Crippen molar-refractivity contribution < 1.29 is 0 Å². The molecule has 0 saturated carbocycles. The Balaban J connectivity index is -0.0000000931. The molecule has 0 aromatic rings. The number of hydrogen-bond acceptors (Lipinski definition) is 1. The van der Waals surface area contributed by atoms with Crippen LogP contribution in [0.25, 0.3) is 0 Å². The van der Waals surface area contributed by atoms with Crippen molar-refractivity contribution in [2.75, 3.05) is 6.54 Å². The van der Waals surface area contributed by atoms with E-state index in [-0.39, 0.29) is 0 Å². The Morgan fingerprint density at radius 3 is 0.429 bits per heavy atom. The maximum absolute atomic E-state index is 5.34. The summed E-state index contributed by atoms with van der Waals surface area (Å²) >= 11 is 0. The molecule has 0 bridgehead atoms. The summed E-state index contributed by atoms with van der Waals surface area (Å²) in [5.74, 6) is 0. The second-order valence-corrected chi connectivity index (χ2v) is 14.0. The number of nitrogens with two attached hydrogens (primary N) is 1. The Kier molecular flexibility index (Phi) is 113. The van der Waals surface area contributed by atoms with Crippen LogP contribution in [0.2, 0.25) is 0 Å². The van der Waals surface area contributed by atoms with Crippen molar-refractivity contribution in [3.63, 3.8) is 0 Å². The van der Waals surface area contributed by atoms with Gasteiger partial charge in [0.2, 0.25) is 0 Å². The van der Waals surface area contributed by atoms with Gasteiger partial charge in [0.25, 0.3) is 0 Å². The van der Waals surface area contributed by atoms with Gasteiger partial charge in [-0.1, -0.05) is 302 Å². The van der Waals surface area contributed by atoms with Crippen LogP contribution in [-0.4, -0.2) is 6.54 Å². The smallest absolute Gasteiger partial charge is 0.00773 e. The van der Waals surface area contributed by atoms with Crippen molar-refractivity contribution >= 4 is 0 Å². The fourth-order valence-corrected chi connectivity index (χ4v) is 4.93. The normalized spacial score (nSPS) is 9.43. The van der Waals surface area contributed by atoms with Crippen LogP contribution < -0.4 is 5.73 Å². The lowest BCUT2D eigenvalue weighted by molar-refractivity contribution is 0.542. The minimum Gasteiger partial charge on any atom is -0.330 e.